The van der Waals surface area contributed by atoms with Crippen molar-refractivity contribution >= 4 is 17.8 Å². The summed E-state index contributed by atoms with van der Waals surface area (Å²) in [5, 5.41) is 10.4. The fourth-order valence-electron chi connectivity index (χ4n) is 1.14. The lowest BCUT2D eigenvalue weighted by molar-refractivity contribution is -0.137. The van der Waals surface area contributed by atoms with Crippen LogP contribution in [0.2, 0.25) is 0 Å². The summed E-state index contributed by atoms with van der Waals surface area (Å²) in [4.78, 5) is 31.6. The summed E-state index contributed by atoms with van der Waals surface area (Å²) in [6.45, 7) is 0. The van der Waals surface area contributed by atoms with E-state index < -0.39 is 11.9 Å². The molecule has 1 saturated heterocycles. The van der Waals surface area contributed by atoms with E-state index in [1.54, 1.807) is 0 Å². The maximum absolute atomic E-state index is 10.9. The van der Waals surface area contributed by atoms with Crippen LogP contribution in [0.3, 0.4) is 0 Å². The van der Waals surface area contributed by atoms with Crippen molar-refractivity contribution in [3.63, 3.8) is 0 Å². The predicted octanol–water partition coefficient (Wildman–Crippen LogP) is -0.486. The van der Waals surface area contributed by atoms with Crippen LogP contribution in [0.15, 0.2) is 0 Å². The summed E-state index contributed by atoms with van der Waals surface area (Å²) in [5.41, 5.74) is 0. The zero-order valence-corrected chi connectivity index (χ0v) is 6.37. The van der Waals surface area contributed by atoms with Gasteiger partial charge in [0.25, 0.3) is 0 Å². The molecule has 2 N–H and O–H groups in total. The van der Waals surface area contributed by atoms with Crippen LogP contribution in [-0.2, 0) is 14.4 Å². The first-order chi connectivity index (χ1) is 5.59. The average molecular weight is 171 g/mol. The van der Waals surface area contributed by atoms with Crippen molar-refractivity contribution in [1.82, 2.24) is 5.32 Å². The van der Waals surface area contributed by atoms with Crippen LogP contribution in [0, 0.1) is 5.92 Å². The standard InChI is InChI=1S/C7H9NO4/c9-5-3-4(7(12)8-5)1-2-6(10)11/h4H,1-3H2,(H,10,11)(H,8,9,12)/t4-/m1/s1. The second kappa shape index (κ2) is 3.34. The highest BCUT2D eigenvalue weighted by molar-refractivity contribution is 6.03. The van der Waals surface area contributed by atoms with Gasteiger partial charge in [-0.05, 0) is 6.42 Å². The number of carboxylic acids is 1. The first-order valence-corrected chi connectivity index (χ1v) is 3.65. The van der Waals surface area contributed by atoms with Gasteiger partial charge >= 0.3 is 5.97 Å². The molecule has 2 amide bonds. The Bertz CT molecular complexity index is 236. The van der Waals surface area contributed by atoms with E-state index in [-0.39, 0.29) is 31.1 Å². The van der Waals surface area contributed by atoms with Crippen LogP contribution in [0.5, 0.6) is 0 Å². The molecule has 66 valence electrons. The van der Waals surface area contributed by atoms with Crippen molar-refractivity contribution in [3.8, 4) is 0 Å². The Morgan fingerprint density at radius 1 is 1.58 bits per heavy atom. The summed E-state index contributed by atoms with van der Waals surface area (Å²) in [6.07, 6.45) is 0.310. The number of amides is 2. The molecule has 1 atom stereocenters. The third kappa shape index (κ3) is 2.05. The zero-order valence-electron chi connectivity index (χ0n) is 6.37. The molecule has 0 aromatic carbocycles. The lowest BCUT2D eigenvalue weighted by Crippen LogP contribution is -2.22. The Morgan fingerprint density at radius 3 is 2.67 bits per heavy atom. The van der Waals surface area contributed by atoms with Crippen molar-refractivity contribution in [2.75, 3.05) is 0 Å². The summed E-state index contributed by atoms with van der Waals surface area (Å²) in [5.74, 6) is -2.03. The third-order valence-corrected chi connectivity index (χ3v) is 1.77. The quantitative estimate of drug-likeness (QED) is 0.561. The number of hydrogen-bond donors (Lipinski definition) is 2. The molecule has 0 bridgehead atoms. The fourth-order valence-corrected chi connectivity index (χ4v) is 1.14. The topological polar surface area (TPSA) is 83.5 Å². The minimum Gasteiger partial charge on any atom is -0.481 e. The minimum absolute atomic E-state index is 0.0641. The fraction of sp³-hybridized carbons (Fsp3) is 0.571. The van der Waals surface area contributed by atoms with Crippen LogP contribution < -0.4 is 5.32 Å². The Labute approximate surface area is 68.8 Å². The average Bonchev–Trinajstić information content (AvgIpc) is 2.26. The van der Waals surface area contributed by atoms with Crippen LogP contribution >= 0.6 is 0 Å². The molecule has 1 heterocycles. The highest BCUT2D eigenvalue weighted by Gasteiger charge is 2.30. The van der Waals surface area contributed by atoms with Crippen molar-refractivity contribution in [3.05, 3.63) is 0 Å². The number of nitrogens with one attached hydrogen (secondary N) is 1. The normalized spacial score (nSPS) is 22.5. The zero-order chi connectivity index (χ0) is 9.14. The highest BCUT2D eigenvalue weighted by Crippen LogP contribution is 2.16. The molecule has 1 fully saturated rings. The van der Waals surface area contributed by atoms with Crippen molar-refractivity contribution in [2.45, 2.75) is 19.3 Å². The Morgan fingerprint density at radius 2 is 2.25 bits per heavy atom. The molecule has 0 aliphatic carbocycles. The van der Waals surface area contributed by atoms with Crippen LogP contribution in [-0.4, -0.2) is 22.9 Å². The van der Waals surface area contributed by atoms with Gasteiger partial charge in [0.05, 0.1) is 0 Å². The molecule has 0 radical (unpaired) electrons. The molecule has 1 rings (SSSR count). The number of imide groups is 1. The lowest BCUT2D eigenvalue weighted by Gasteiger charge is -2.00. The van der Waals surface area contributed by atoms with Gasteiger partial charge in [-0.15, -0.1) is 0 Å². The van der Waals surface area contributed by atoms with Crippen LogP contribution in [0.25, 0.3) is 0 Å². The molecular weight excluding hydrogens is 162 g/mol. The van der Waals surface area contributed by atoms with E-state index in [9.17, 15) is 14.4 Å². The van der Waals surface area contributed by atoms with E-state index >= 15 is 0 Å². The monoisotopic (exact) mass is 171 g/mol. The number of rotatable bonds is 3. The number of aliphatic carboxylic acids is 1. The smallest absolute Gasteiger partial charge is 0.303 e. The third-order valence-electron chi connectivity index (χ3n) is 1.77. The summed E-state index contributed by atoms with van der Waals surface area (Å²) in [7, 11) is 0. The molecule has 0 unspecified atom stereocenters. The van der Waals surface area contributed by atoms with Gasteiger partial charge in [-0.1, -0.05) is 0 Å². The largest absolute Gasteiger partial charge is 0.481 e. The van der Waals surface area contributed by atoms with E-state index in [0.717, 1.165) is 0 Å². The van der Waals surface area contributed by atoms with Gasteiger partial charge in [-0.2, -0.15) is 0 Å². The minimum atomic E-state index is -0.942. The van der Waals surface area contributed by atoms with E-state index in [2.05, 4.69) is 5.32 Å². The first kappa shape index (κ1) is 8.70. The number of carboxylic acid groups (broad SMARTS) is 1. The first-order valence-electron chi connectivity index (χ1n) is 3.65. The van der Waals surface area contributed by atoms with Gasteiger partial charge in [0.2, 0.25) is 11.8 Å². The molecule has 0 aromatic heterocycles. The van der Waals surface area contributed by atoms with Gasteiger partial charge in [-0.3, -0.25) is 19.7 Å². The molecule has 12 heavy (non-hydrogen) atoms. The predicted molar refractivity (Wildman–Crippen MR) is 38.1 cm³/mol. The number of hydrogen-bond acceptors (Lipinski definition) is 3. The maximum Gasteiger partial charge on any atom is 0.303 e. The summed E-state index contributed by atoms with van der Waals surface area (Å²) in [6, 6.07) is 0. The number of carbonyl (C=O) groups excluding carboxylic acids is 2. The van der Waals surface area contributed by atoms with Gasteiger partial charge < -0.3 is 5.11 Å². The lowest BCUT2D eigenvalue weighted by atomic mass is 10.0. The molecule has 0 spiro atoms. The van der Waals surface area contributed by atoms with Gasteiger partial charge in [-0.25, -0.2) is 0 Å². The van der Waals surface area contributed by atoms with Gasteiger partial charge in [0.15, 0.2) is 0 Å². The maximum atomic E-state index is 10.9. The molecule has 0 saturated carbocycles. The summed E-state index contributed by atoms with van der Waals surface area (Å²) < 4.78 is 0. The molecule has 0 aromatic rings. The molecule has 1 aliphatic heterocycles. The van der Waals surface area contributed by atoms with Crippen molar-refractivity contribution < 1.29 is 19.5 Å². The van der Waals surface area contributed by atoms with Crippen LogP contribution in [0.4, 0.5) is 0 Å². The van der Waals surface area contributed by atoms with E-state index in [1.165, 1.54) is 0 Å². The van der Waals surface area contributed by atoms with E-state index in [1.807, 2.05) is 0 Å². The van der Waals surface area contributed by atoms with Gasteiger partial charge in [0.1, 0.15) is 0 Å². The molecular formula is C7H9NO4. The Hall–Kier alpha value is -1.39. The second-order valence-corrected chi connectivity index (χ2v) is 2.75. The molecule has 5 nitrogen and oxygen atoms in total. The SMILES string of the molecule is O=C(O)CC[C@@H]1CC(=O)NC1=O. The highest BCUT2D eigenvalue weighted by atomic mass is 16.4. The molecule has 1 aliphatic rings. The van der Waals surface area contributed by atoms with E-state index in [0.29, 0.717) is 0 Å². The Kier molecular flexibility index (Phi) is 2.42. The summed E-state index contributed by atoms with van der Waals surface area (Å²) >= 11 is 0. The Balaban J connectivity index is 2.38. The van der Waals surface area contributed by atoms with Crippen molar-refractivity contribution in [1.29, 1.82) is 0 Å². The van der Waals surface area contributed by atoms with Gasteiger partial charge in [0, 0.05) is 18.8 Å². The van der Waals surface area contributed by atoms with E-state index in [4.69, 9.17) is 5.11 Å². The molecule has 5 heteroatoms. The van der Waals surface area contributed by atoms with Crippen molar-refractivity contribution in [2.24, 2.45) is 5.92 Å². The van der Waals surface area contributed by atoms with Crippen LogP contribution in [0.1, 0.15) is 19.3 Å². The second-order valence-electron chi connectivity index (χ2n) is 2.75. The number of carbonyl (C=O) groups is 3.